The number of hydrogen-bond acceptors (Lipinski definition) is 2. The maximum absolute atomic E-state index is 6.06. The van der Waals surface area contributed by atoms with E-state index in [1.165, 1.54) is 36.0 Å². The zero-order valence-electron chi connectivity index (χ0n) is 12.1. The average molecular weight is 301 g/mol. The Morgan fingerprint density at radius 2 is 1.95 bits per heavy atom. The van der Waals surface area contributed by atoms with Crippen molar-refractivity contribution in [1.82, 2.24) is 5.43 Å². The van der Waals surface area contributed by atoms with Gasteiger partial charge < -0.3 is 0 Å². The summed E-state index contributed by atoms with van der Waals surface area (Å²) in [5, 5.41) is 0.770. The van der Waals surface area contributed by atoms with Gasteiger partial charge in [-0.3, -0.25) is 11.3 Å². The fraction of sp³-hybridized carbons (Fsp3) is 0.333. The van der Waals surface area contributed by atoms with Crippen molar-refractivity contribution >= 4 is 11.6 Å². The fourth-order valence-electron chi connectivity index (χ4n) is 2.94. The fourth-order valence-corrected chi connectivity index (χ4v) is 3.16. The molecule has 1 unspecified atom stereocenters. The molecule has 2 aromatic rings. The molecule has 1 fully saturated rings. The Labute approximate surface area is 131 Å². The Hall–Kier alpha value is -1.35. The maximum Gasteiger partial charge on any atom is 0.0500 e. The van der Waals surface area contributed by atoms with Gasteiger partial charge in [-0.2, -0.15) is 0 Å². The Kier molecular flexibility index (Phi) is 4.59. The van der Waals surface area contributed by atoms with Gasteiger partial charge in [0.1, 0.15) is 0 Å². The number of halogens is 1. The van der Waals surface area contributed by atoms with Crippen LogP contribution >= 0.6 is 11.6 Å². The molecule has 0 aromatic heterocycles. The van der Waals surface area contributed by atoms with Crippen molar-refractivity contribution in [1.29, 1.82) is 0 Å². The van der Waals surface area contributed by atoms with Crippen molar-refractivity contribution in [3.63, 3.8) is 0 Å². The molecule has 2 nitrogen and oxygen atoms in total. The lowest BCUT2D eigenvalue weighted by atomic mass is 9.79. The monoisotopic (exact) mass is 300 g/mol. The molecule has 3 rings (SSSR count). The van der Waals surface area contributed by atoms with Crippen molar-refractivity contribution in [3.8, 4) is 0 Å². The first-order chi connectivity index (χ1) is 10.3. The number of nitrogens with one attached hydrogen (secondary N) is 1. The largest absolute Gasteiger partial charge is 0.271 e. The van der Waals surface area contributed by atoms with Crippen molar-refractivity contribution in [2.45, 2.75) is 37.6 Å². The molecule has 0 aliphatic heterocycles. The second kappa shape index (κ2) is 6.61. The van der Waals surface area contributed by atoms with Gasteiger partial charge in [-0.05, 0) is 54.0 Å². The molecule has 3 heteroatoms. The third kappa shape index (κ3) is 3.46. The van der Waals surface area contributed by atoms with Crippen molar-refractivity contribution < 1.29 is 0 Å². The highest BCUT2D eigenvalue weighted by Crippen LogP contribution is 2.37. The molecule has 1 aliphatic rings. The first kappa shape index (κ1) is 14.6. The number of benzene rings is 2. The molecule has 3 N–H and O–H groups in total. The molecule has 1 saturated carbocycles. The van der Waals surface area contributed by atoms with E-state index in [0.717, 1.165) is 17.4 Å². The van der Waals surface area contributed by atoms with E-state index >= 15 is 0 Å². The standard InChI is InChI=1S/C18H21ClN2/c19-17-9-1-4-13(10-17)11-18(21-20)16-8-3-7-15(12-16)14-5-2-6-14/h1,3-4,7-10,12,14,18,21H,2,5-6,11,20H2. The summed E-state index contributed by atoms with van der Waals surface area (Å²) in [5.41, 5.74) is 6.84. The maximum atomic E-state index is 6.06. The van der Waals surface area contributed by atoms with Crippen molar-refractivity contribution in [3.05, 3.63) is 70.2 Å². The van der Waals surface area contributed by atoms with Gasteiger partial charge in [0.25, 0.3) is 0 Å². The van der Waals surface area contributed by atoms with Crippen LogP contribution in [0.2, 0.25) is 5.02 Å². The van der Waals surface area contributed by atoms with Crippen LogP contribution in [0, 0.1) is 0 Å². The van der Waals surface area contributed by atoms with Crippen LogP contribution in [0.5, 0.6) is 0 Å². The summed E-state index contributed by atoms with van der Waals surface area (Å²) < 4.78 is 0. The predicted octanol–water partition coefficient (Wildman–Crippen LogP) is 4.35. The van der Waals surface area contributed by atoms with Crippen molar-refractivity contribution in [2.24, 2.45) is 5.84 Å². The van der Waals surface area contributed by atoms with Crippen LogP contribution in [0.25, 0.3) is 0 Å². The van der Waals surface area contributed by atoms with E-state index in [0.29, 0.717) is 0 Å². The second-order valence-corrected chi connectivity index (χ2v) is 6.29. The molecule has 0 bridgehead atoms. The third-order valence-corrected chi connectivity index (χ3v) is 4.65. The molecule has 0 amide bonds. The molecule has 0 radical (unpaired) electrons. The number of hydrogen-bond donors (Lipinski definition) is 2. The van der Waals surface area contributed by atoms with Gasteiger partial charge in [-0.1, -0.05) is 54.4 Å². The normalized spacial score (nSPS) is 16.5. The summed E-state index contributed by atoms with van der Waals surface area (Å²) in [7, 11) is 0. The smallest absolute Gasteiger partial charge is 0.0500 e. The highest BCUT2D eigenvalue weighted by Gasteiger charge is 2.20. The summed E-state index contributed by atoms with van der Waals surface area (Å²) in [6.45, 7) is 0. The first-order valence-corrected chi connectivity index (χ1v) is 7.94. The van der Waals surface area contributed by atoms with Gasteiger partial charge in [-0.25, -0.2) is 0 Å². The zero-order valence-corrected chi connectivity index (χ0v) is 12.8. The Bertz CT molecular complexity index is 608. The van der Waals surface area contributed by atoms with Crippen molar-refractivity contribution in [2.75, 3.05) is 0 Å². The summed E-state index contributed by atoms with van der Waals surface area (Å²) >= 11 is 6.06. The third-order valence-electron chi connectivity index (χ3n) is 4.42. The second-order valence-electron chi connectivity index (χ2n) is 5.85. The van der Waals surface area contributed by atoms with Crippen LogP contribution in [0.15, 0.2) is 48.5 Å². The number of hydrazine groups is 1. The lowest BCUT2D eigenvalue weighted by Gasteiger charge is -2.27. The molecule has 110 valence electrons. The van der Waals surface area contributed by atoms with Crippen LogP contribution in [0.1, 0.15) is 47.9 Å². The quantitative estimate of drug-likeness (QED) is 0.636. The summed E-state index contributed by atoms with van der Waals surface area (Å²) in [5.74, 6) is 6.53. The molecular formula is C18H21ClN2. The molecule has 2 aromatic carbocycles. The van der Waals surface area contributed by atoms with E-state index in [1.807, 2.05) is 18.2 Å². The number of rotatable bonds is 5. The molecule has 1 aliphatic carbocycles. The molecule has 21 heavy (non-hydrogen) atoms. The Morgan fingerprint density at radius 1 is 1.14 bits per heavy atom. The highest BCUT2D eigenvalue weighted by molar-refractivity contribution is 6.30. The van der Waals surface area contributed by atoms with Crippen LogP contribution in [0.3, 0.4) is 0 Å². The predicted molar refractivity (Wildman–Crippen MR) is 88.3 cm³/mol. The molecule has 0 saturated heterocycles. The number of nitrogens with two attached hydrogens (primary N) is 1. The molecule has 0 heterocycles. The summed E-state index contributed by atoms with van der Waals surface area (Å²) in [6, 6.07) is 16.9. The lowest BCUT2D eigenvalue weighted by molar-refractivity contribution is 0.419. The van der Waals surface area contributed by atoms with E-state index in [4.69, 9.17) is 17.4 Å². The van der Waals surface area contributed by atoms with E-state index in [2.05, 4.69) is 35.8 Å². The van der Waals surface area contributed by atoms with Gasteiger partial charge in [0.15, 0.2) is 0 Å². The minimum Gasteiger partial charge on any atom is -0.271 e. The van der Waals surface area contributed by atoms with Gasteiger partial charge in [-0.15, -0.1) is 0 Å². The summed E-state index contributed by atoms with van der Waals surface area (Å²) in [4.78, 5) is 0. The summed E-state index contributed by atoms with van der Waals surface area (Å²) in [6.07, 6.45) is 4.83. The van der Waals surface area contributed by atoms with Crippen LogP contribution in [-0.2, 0) is 6.42 Å². The molecule has 1 atom stereocenters. The van der Waals surface area contributed by atoms with Crippen LogP contribution in [0.4, 0.5) is 0 Å². The minimum absolute atomic E-state index is 0.114. The van der Waals surface area contributed by atoms with Gasteiger partial charge in [0.05, 0.1) is 0 Å². The van der Waals surface area contributed by atoms with Gasteiger partial charge in [0, 0.05) is 11.1 Å². The first-order valence-electron chi connectivity index (χ1n) is 7.56. The zero-order chi connectivity index (χ0) is 14.7. The topological polar surface area (TPSA) is 38.0 Å². The lowest BCUT2D eigenvalue weighted by Crippen LogP contribution is -2.29. The molecule has 0 spiro atoms. The van der Waals surface area contributed by atoms with Crippen LogP contribution < -0.4 is 11.3 Å². The van der Waals surface area contributed by atoms with E-state index in [9.17, 15) is 0 Å². The van der Waals surface area contributed by atoms with E-state index in [1.54, 1.807) is 0 Å². The average Bonchev–Trinajstić information content (AvgIpc) is 2.43. The minimum atomic E-state index is 0.114. The van der Waals surface area contributed by atoms with Gasteiger partial charge in [0.2, 0.25) is 0 Å². The Balaban J connectivity index is 1.79. The van der Waals surface area contributed by atoms with Crippen LogP contribution in [-0.4, -0.2) is 0 Å². The van der Waals surface area contributed by atoms with Gasteiger partial charge >= 0.3 is 0 Å². The molecular weight excluding hydrogens is 280 g/mol. The highest BCUT2D eigenvalue weighted by atomic mass is 35.5. The van der Waals surface area contributed by atoms with E-state index in [-0.39, 0.29) is 6.04 Å². The Morgan fingerprint density at radius 3 is 2.62 bits per heavy atom. The SMILES string of the molecule is NNC(Cc1cccc(Cl)c1)c1cccc(C2CCC2)c1. The van der Waals surface area contributed by atoms with E-state index < -0.39 is 0 Å².